The molecule has 1 aromatic carbocycles. The maximum absolute atomic E-state index is 13.8. The first-order chi connectivity index (χ1) is 18.7. The van der Waals surface area contributed by atoms with Gasteiger partial charge in [0.1, 0.15) is 22.4 Å². The van der Waals surface area contributed by atoms with Gasteiger partial charge in [-0.05, 0) is 61.8 Å². The Balaban J connectivity index is 1.63. The minimum Gasteiger partial charge on any atom is -0.496 e. The number of aromatic nitrogens is 3. The maximum Gasteiger partial charge on any atom is 0.331 e. The van der Waals surface area contributed by atoms with E-state index < -0.39 is 5.97 Å². The molecule has 0 radical (unpaired) electrons. The van der Waals surface area contributed by atoms with Crippen molar-refractivity contribution in [2.75, 3.05) is 14.2 Å². The molecule has 9 nitrogen and oxygen atoms in total. The van der Waals surface area contributed by atoms with Gasteiger partial charge < -0.3 is 14.2 Å². The summed E-state index contributed by atoms with van der Waals surface area (Å²) in [5.74, 6) is 1.84. The molecule has 2 atom stereocenters. The van der Waals surface area contributed by atoms with Crippen LogP contribution < -0.4 is 9.47 Å². The lowest BCUT2D eigenvalue weighted by Crippen LogP contribution is -2.37. The SMILES string of the molecule is [C-]#[N+]C1=C(C(=O)OC2C(C)CC(C)CC2C)c2nc(-c3cc(C)ccc3OC)nn2/C1=N/c1ccc(OC)s1. The van der Waals surface area contributed by atoms with Crippen molar-refractivity contribution in [1.82, 2.24) is 14.8 Å². The number of ether oxygens (including phenoxy) is 3. The molecule has 3 aromatic rings. The number of hydrogen-bond acceptors (Lipinski definition) is 8. The van der Waals surface area contributed by atoms with Crippen molar-refractivity contribution in [2.24, 2.45) is 22.7 Å². The van der Waals surface area contributed by atoms with E-state index in [2.05, 4.69) is 25.6 Å². The fourth-order valence-electron chi connectivity index (χ4n) is 5.64. The van der Waals surface area contributed by atoms with Crippen LogP contribution in [-0.4, -0.2) is 46.9 Å². The van der Waals surface area contributed by atoms with Crippen LogP contribution in [-0.2, 0) is 9.53 Å². The Morgan fingerprint density at radius 3 is 2.51 bits per heavy atom. The lowest BCUT2D eigenvalue weighted by Gasteiger charge is -2.37. The van der Waals surface area contributed by atoms with Crippen LogP contribution in [0.5, 0.6) is 10.8 Å². The molecule has 2 aromatic heterocycles. The van der Waals surface area contributed by atoms with Gasteiger partial charge in [0.2, 0.25) is 5.70 Å². The number of hydrogen-bond donors (Lipinski definition) is 0. The zero-order valence-electron chi connectivity index (χ0n) is 22.9. The molecule has 0 spiro atoms. The second kappa shape index (κ2) is 10.7. The van der Waals surface area contributed by atoms with Crippen molar-refractivity contribution >= 4 is 33.7 Å². The highest BCUT2D eigenvalue weighted by Gasteiger charge is 2.41. The van der Waals surface area contributed by atoms with Crippen molar-refractivity contribution in [3.8, 4) is 22.2 Å². The Kier molecular flexibility index (Phi) is 7.28. The lowest BCUT2D eigenvalue weighted by molar-refractivity contribution is -0.150. The quantitative estimate of drug-likeness (QED) is 0.272. The minimum absolute atomic E-state index is 0.0645. The number of aliphatic imine (C=N–C) groups is 1. The lowest BCUT2D eigenvalue weighted by atomic mass is 9.75. The molecule has 1 aliphatic heterocycles. The molecule has 10 heteroatoms. The summed E-state index contributed by atoms with van der Waals surface area (Å²) in [6.45, 7) is 16.4. The third kappa shape index (κ3) is 4.94. The Bertz CT molecular complexity index is 1520. The Hall–Kier alpha value is -3.97. The van der Waals surface area contributed by atoms with Gasteiger partial charge in [-0.1, -0.05) is 43.7 Å². The summed E-state index contributed by atoms with van der Waals surface area (Å²) in [5.41, 5.74) is 1.83. The van der Waals surface area contributed by atoms with Gasteiger partial charge in [-0.3, -0.25) is 0 Å². The highest BCUT2D eigenvalue weighted by molar-refractivity contribution is 7.17. The largest absolute Gasteiger partial charge is 0.496 e. The van der Waals surface area contributed by atoms with Crippen molar-refractivity contribution in [3.63, 3.8) is 0 Å². The smallest absolute Gasteiger partial charge is 0.331 e. The normalized spacial score (nSPS) is 23.5. The van der Waals surface area contributed by atoms with Crippen molar-refractivity contribution in [3.05, 3.63) is 58.8 Å². The predicted octanol–water partition coefficient (Wildman–Crippen LogP) is 6.17. The van der Waals surface area contributed by atoms with Gasteiger partial charge >= 0.3 is 5.97 Å². The summed E-state index contributed by atoms with van der Waals surface area (Å²) in [7, 11) is 3.17. The number of benzene rings is 1. The number of fused-ring (bicyclic) bond motifs is 1. The molecule has 1 aliphatic carbocycles. The number of aryl methyl sites for hydroxylation is 1. The van der Waals surface area contributed by atoms with Crippen LogP contribution in [0.1, 0.15) is 45.0 Å². The minimum atomic E-state index is -0.579. The molecule has 0 bridgehead atoms. The molecule has 0 N–H and O–H groups in total. The van der Waals surface area contributed by atoms with Crippen molar-refractivity contribution in [2.45, 2.75) is 46.6 Å². The molecule has 202 valence electrons. The monoisotopic (exact) mass is 545 g/mol. The average Bonchev–Trinajstić information content (AvgIpc) is 3.61. The summed E-state index contributed by atoms with van der Waals surface area (Å²) in [4.78, 5) is 27.0. The van der Waals surface area contributed by atoms with Crippen LogP contribution in [0.3, 0.4) is 0 Å². The summed E-state index contributed by atoms with van der Waals surface area (Å²) in [6.07, 6.45) is 1.72. The molecule has 2 unspecified atom stereocenters. The summed E-state index contributed by atoms with van der Waals surface area (Å²) in [6, 6.07) is 9.31. The number of rotatable bonds is 6. The van der Waals surface area contributed by atoms with Gasteiger partial charge in [0, 0.05) is 0 Å². The fraction of sp³-hybridized carbons (Fsp3) is 0.414. The molecule has 1 fully saturated rings. The van der Waals surface area contributed by atoms with Gasteiger partial charge in [0.15, 0.2) is 22.5 Å². The number of carbonyl (C=O) groups excluding carboxylic acids is 1. The number of carbonyl (C=O) groups is 1. The first kappa shape index (κ1) is 26.6. The number of allylic oxidation sites excluding steroid dienone is 1. The second-order valence-corrected chi connectivity index (χ2v) is 11.4. The zero-order valence-corrected chi connectivity index (χ0v) is 23.7. The standard InChI is InChI=1S/C29H31N5O4S/c1-15-8-9-20(36-6)19(14-15)26-32-27-23(29(35)38-25-17(3)12-16(2)13-18(25)4)24(30-5)28(34(27)33-26)31-21-10-11-22(37-7)39-21/h8-11,14,16-18,25H,12-13H2,1-4,6-7H3/b31-28+. The van der Waals surface area contributed by atoms with Crippen LogP contribution in [0, 0.1) is 31.2 Å². The van der Waals surface area contributed by atoms with E-state index in [1.807, 2.05) is 25.1 Å². The third-order valence-corrected chi connectivity index (χ3v) is 8.23. The van der Waals surface area contributed by atoms with Crippen LogP contribution >= 0.6 is 11.3 Å². The Morgan fingerprint density at radius 1 is 1.13 bits per heavy atom. The third-order valence-electron chi connectivity index (χ3n) is 7.29. The van der Waals surface area contributed by atoms with Crippen molar-refractivity contribution < 1.29 is 19.0 Å². The van der Waals surface area contributed by atoms with E-state index in [4.69, 9.17) is 35.9 Å². The maximum atomic E-state index is 13.8. The Morgan fingerprint density at radius 2 is 1.87 bits per heavy atom. The van der Waals surface area contributed by atoms with Gasteiger partial charge in [0.05, 0.1) is 26.4 Å². The first-order valence-corrected chi connectivity index (χ1v) is 13.7. The highest BCUT2D eigenvalue weighted by atomic mass is 32.1. The highest BCUT2D eigenvalue weighted by Crippen LogP contribution is 2.39. The molecule has 2 aliphatic rings. The van der Waals surface area contributed by atoms with Gasteiger partial charge in [-0.15, -0.1) is 5.10 Å². The van der Waals surface area contributed by atoms with Crippen molar-refractivity contribution in [1.29, 1.82) is 0 Å². The van der Waals surface area contributed by atoms with Gasteiger partial charge in [-0.25, -0.2) is 24.3 Å². The van der Waals surface area contributed by atoms with Gasteiger partial charge in [0.25, 0.3) is 0 Å². The van der Waals surface area contributed by atoms with E-state index in [0.29, 0.717) is 33.1 Å². The summed E-state index contributed by atoms with van der Waals surface area (Å²) >= 11 is 1.32. The van der Waals surface area contributed by atoms with Gasteiger partial charge in [-0.2, -0.15) is 0 Å². The topological polar surface area (TPSA) is 92.2 Å². The summed E-state index contributed by atoms with van der Waals surface area (Å²) in [5, 5.41) is 6.00. The first-order valence-electron chi connectivity index (χ1n) is 12.9. The molecule has 0 saturated heterocycles. The van der Waals surface area contributed by atoms with Crippen LogP contribution in [0.4, 0.5) is 5.00 Å². The van der Waals surface area contributed by atoms with E-state index in [0.717, 1.165) is 18.4 Å². The van der Waals surface area contributed by atoms with E-state index in [1.54, 1.807) is 26.4 Å². The molecular weight excluding hydrogens is 514 g/mol. The molecule has 3 heterocycles. The van der Waals surface area contributed by atoms with E-state index in [9.17, 15) is 4.79 Å². The zero-order chi connectivity index (χ0) is 27.8. The molecule has 39 heavy (non-hydrogen) atoms. The van der Waals surface area contributed by atoms with Crippen LogP contribution in [0.15, 0.2) is 41.0 Å². The van der Waals surface area contributed by atoms with Crippen LogP contribution in [0.2, 0.25) is 0 Å². The Labute approximate surface area is 232 Å². The number of nitrogens with zero attached hydrogens (tertiary/aromatic N) is 5. The number of esters is 1. The number of methoxy groups -OCH3 is 2. The fourth-order valence-corrected chi connectivity index (χ4v) is 6.33. The molecule has 0 amide bonds. The molecule has 1 saturated carbocycles. The van der Waals surface area contributed by atoms with E-state index >= 15 is 0 Å². The van der Waals surface area contributed by atoms with E-state index in [-0.39, 0.29) is 40.9 Å². The summed E-state index contributed by atoms with van der Waals surface area (Å²) < 4.78 is 18.4. The van der Waals surface area contributed by atoms with Crippen LogP contribution in [0.25, 0.3) is 21.8 Å². The second-order valence-electron chi connectivity index (χ2n) is 10.3. The average molecular weight is 546 g/mol. The number of thiophene rings is 1. The predicted molar refractivity (Wildman–Crippen MR) is 150 cm³/mol. The van der Waals surface area contributed by atoms with E-state index in [1.165, 1.54) is 16.0 Å². The molecular formula is C29H31N5O4S. The molecule has 5 rings (SSSR count).